The summed E-state index contributed by atoms with van der Waals surface area (Å²) in [6.07, 6.45) is 0. The van der Waals surface area contributed by atoms with Gasteiger partial charge in [0.05, 0.1) is 11.1 Å². The zero-order chi connectivity index (χ0) is 45.8. The third-order valence-electron chi connectivity index (χ3n) is 15.8. The van der Waals surface area contributed by atoms with E-state index in [4.69, 9.17) is 0 Å². The fraction of sp³-hybridized carbons (Fsp3) is 0.104. The normalized spacial score (nSPS) is 14.8. The number of benzene rings is 10. The van der Waals surface area contributed by atoms with Crippen molar-refractivity contribution in [2.45, 2.75) is 43.9 Å². The zero-order valence-corrected chi connectivity index (χ0v) is 39.0. The van der Waals surface area contributed by atoms with Gasteiger partial charge >= 0.3 is 0 Å². The summed E-state index contributed by atoms with van der Waals surface area (Å²) in [5.41, 5.74) is 25.6. The Morgan fingerprint density at radius 3 is 1.28 bits per heavy atom. The van der Waals surface area contributed by atoms with Crippen LogP contribution in [-0.4, -0.2) is 0 Å². The average Bonchev–Trinajstić information content (AvgIpc) is 3.91. The van der Waals surface area contributed by atoms with E-state index in [9.17, 15) is 0 Å². The Bertz CT molecular complexity index is 3560. The van der Waals surface area contributed by atoms with Gasteiger partial charge in [-0.3, -0.25) is 0 Å². The number of hydrogen-bond acceptors (Lipinski definition) is 1. The molecule has 1 nitrogen and oxygen atoms in total. The number of anilines is 3. The summed E-state index contributed by atoms with van der Waals surface area (Å²) in [6.45, 7) is 9.55. The van der Waals surface area contributed by atoms with E-state index < -0.39 is 5.41 Å². The monoisotopic (exact) mass is 869 g/mol. The Labute approximate surface area is 400 Å². The fourth-order valence-corrected chi connectivity index (χ4v) is 12.5. The first kappa shape index (κ1) is 40.3. The molecule has 0 fully saturated rings. The lowest BCUT2D eigenvalue weighted by molar-refractivity contribution is 0.660. The predicted octanol–water partition coefficient (Wildman–Crippen LogP) is 17.5. The molecule has 10 aromatic rings. The van der Waals surface area contributed by atoms with E-state index in [2.05, 4.69) is 269 Å². The molecule has 324 valence electrons. The highest BCUT2D eigenvalue weighted by atomic mass is 15.1. The van der Waals surface area contributed by atoms with Crippen molar-refractivity contribution in [1.82, 2.24) is 0 Å². The van der Waals surface area contributed by atoms with Gasteiger partial charge in [0, 0.05) is 27.8 Å². The van der Waals surface area contributed by atoms with E-state index in [0.29, 0.717) is 0 Å². The zero-order valence-electron chi connectivity index (χ0n) is 39.0. The smallest absolute Gasteiger partial charge is 0.0714 e. The van der Waals surface area contributed by atoms with Gasteiger partial charge in [0.15, 0.2) is 0 Å². The SMILES string of the molecule is CC1(C)c2ccccc2-c2ccc(-c3cc4c(cc3N(c3ccc(-c5ccccc5)cc3)c3ccc5c(c3)C(C)(C)c3ccccc3-5)C(c3ccccc3)(c3ccccc3)c3ccccc3-4)cc21. The van der Waals surface area contributed by atoms with Crippen LogP contribution in [0.15, 0.2) is 237 Å². The molecule has 0 heterocycles. The van der Waals surface area contributed by atoms with E-state index in [-0.39, 0.29) is 10.8 Å². The highest BCUT2D eigenvalue weighted by Crippen LogP contribution is 2.60. The van der Waals surface area contributed by atoms with Crippen molar-refractivity contribution >= 4 is 17.1 Å². The second-order valence-electron chi connectivity index (χ2n) is 20.0. The summed E-state index contributed by atoms with van der Waals surface area (Å²) < 4.78 is 0. The van der Waals surface area contributed by atoms with Gasteiger partial charge in [-0.25, -0.2) is 0 Å². The van der Waals surface area contributed by atoms with Crippen LogP contribution in [0.3, 0.4) is 0 Å². The van der Waals surface area contributed by atoms with E-state index in [1.807, 2.05) is 0 Å². The lowest BCUT2D eigenvalue weighted by Crippen LogP contribution is -2.28. The third kappa shape index (κ3) is 5.75. The Hall–Kier alpha value is -8.00. The molecule has 0 atom stereocenters. The van der Waals surface area contributed by atoms with Crippen molar-refractivity contribution < 1.29 is 0 Å². The molecule has 0 amide bonds. The quantitative estimate of drug-likeness (QED) is 0.154. The molecule has 0 N–H and O–H groups in total. The van der Waals surface area contributed by atoms with Gasteiger partial charge in [-0.05, 0) is 137 Å². The Balaban J connectivity index is 1.13. The molecule has 13 rings (SSSR count). The topological polar surface area (TPSA) is 3.24 Å². The van der Waals surface area contributed by atoms with Gasteiger partial charge in [-0.2, -0.15) is 0 Å². The van der Waals surface area contributed by atoms with Crippen molar-refractivity contribution in [3.8, 4) is 55.6 Å². The van der Waals surface area contributed by atoms with Gasteiger partial charge < -0.3 is 4.90 Å². The van der Waals surface area contributed by atoms with Crippen molar-refractivity contribution in [2.75, 3.05) is 4.90 Å². The Morgan fingerprint density at radius 1 is 0.265 bits per heavy atom. The van der Waals surface area contributed by atoms with E-state index in [1.165, 1.54) is 100 Å². The molecule has 0 spiro atoms. The van der Waals surface area contributed by atoms with E-state index >= 15 is 0 Å². The second-order valence-corrected chi connectivity index (χ2v) is 20.0. The van der Waals surface area contributed by atoms with Gasteiger partial charge in [0.2, 0.25) is 0 Å². The van der Waals surface area contributed by atoms with Crippen LogP contribution in [0.4, 0.5) is 17.1 Å². The largest absolute Gasteiger partial charge is 0.310 e. The first-order chi connectivity index (χ1) is 33.2. The highest BCUT2D eigenvalue weighted by molar-refractivity contribution is 5.98. The maximum Gasteiger partial charge on any atom is 0.0714 e. The fourth-order valence-electron chi connectivity index (χ4n) is 12.5. The minimum atomic E-state index is -0.576. The van der Waals surface area contributed by atoms with Gasteiger partial charge in [0.25, 0.3) is 0 Å². The summed E-state index contributed by atoms with van der Waals surface area (Å²) in [4.78, 5) is 2.56. The van der Waals surface area contributed by atoms with Crippen LogP contribution in [-0.2, 0) is 16.2 Å². The molecule has 1 heteroatoms. The molecule has 0 unspecified atom stereocenters. The molecule has 10 aromatic carbocycles. The van der Waals surface area contributed by atoms with Crippen LogP contribution < -0.4 is 4.90 Å². The number of hydrogen-bond donors (Lipinski definition) is 0. The highest BCUT2D eigenvalue weighted by Gasteiger charge is 2.47. The molecule has 0 saturated heterocycles. The minimum Gasteiger partial charge on any atom is -0.310 e. The molecular formula is C67H51N. The molecule has 0 aromatic heterocycles. The lowest BCUT2D eigenvalue weighted by atomic mass is 9.67. The van der Waals surface area contributed by atoms with Crippen LogP contribution in [0.25, 0.3) is 55.6 Å². The molecule has 0 saturated carbocycles. The third-order valence-corrected chi connectivity index (χ3v) is 15.8. The standard InChI is InChI=1S/C67H51N/c1-65(2)58-29-17-14-26-51(58)54-38-34-46(40-61(54)65)56-42-57-53-28-16-19-31-60(53)67(47-22-10-6-11-23-47,48-24-12-7-13-25-48)63(57)43-64(56)68(49-35-32-45(33-36-49)44-20-8-5-9-21-44)50-37-39-55-52-27-15-18-30-59(52)66(3,4)62(55)41-50/h5-43H,1-4H3. The molecule has 3 aliphatic carbocycles. The minimum absolute atomic E-state index is 0.158. The van der Waals surface area contributed by atoms with Crippen LogP contribution in [0.5, 0.6) is 0 Å². The maximum atomic E-state index is 2.57. The Morgan fingerprint density at radius 2 is 0.691 bits per heavy atom. The number of rotatable bonds is 7. The summed E-state index contributed by atoms with van der Waals surface area (Å²) in [5.74, 6) is 0. The lowest BCUT2D eigenvalue weighted by Gasteiger charge is -2.36. The van der Waals surface area contributed by atoms with Crippen LogP contribution in [0.2, 0.25) is 0 Å². The van der Waals surface area contributed by atoms with Gasteiger partial charge in [0.1, 0.15) is 0 Å². The number of nitrogens with zero attached hydrogens (tertiary/aromatic N) is 1. The molecule has 0 aliphatic heterocycles. The van der Waals surface area contributed by atoms with Crippen molar-refractivity contribution in [2.24, 2.45) is 0 Å². The first-order valence-corrected chi connectivity index (χ1v) is 24.1. The maximum absolute atomic E-state index is 2.57. The summed E-state index contributed by atoms with van der Waals surface area (Å²) in [7, 11) is 0. The molecule has 68 heavy (non-hydrogen) atoms. The van der Waals surface area contributed by atoms with Crippen LogP contribution >= 0.6 is 0 Å². The predicted molar refractivity (Wildman–Crippen MR) is 284 cm³/mol. The van der Waals surface area contributed by atoms with Gasteiger partial charge in [-0.1, -0.05) is 222 Å². The van der Waals surface area contributed by atoms with Crippen molar-refractivity contribution in [1.29, 1.82) is 0 Å². The Kier molecular flexibility index (Phi) is 8.89. The molecule has 0 bridgehead atoms. The summed E-state index contributed by atoms with van der Waals surface area (Å²) in [5, 5.41) is 0. The van der Waals surface area contributed by atoms with Crippen LogP contribution in [0.1, 0.15) is 72.2 Å². The average molecular weight is 870 g/mol. The van der Waals surface area contributed by atoms with Crippen LogP contribution in [0, 0.1) is 0 Å². The summed E-state index contributed by atoms with van der Waals surface area (Å²) in [6, 6.07) is 89.0. The molecule has 0 radical (unpaired) electrons. The van der Waals surface area contributed by atoms with Crippen molar-refractivity contribution in [3.05, 3.63) is 281 Å². The molecule has 3 aliphatic rings. The van der Waals surface area contributed by atoms with E-state index in [0.717, 1.165) is 17.1 Å². The first-order valence-electron chi connectivity index (χ1n) is 24.1. The number of fused-ring (bicyclic) bond motifs is 9. The van der Waals surface area contributed by atoms with E-state index in [1.54, 1.807) is 0 Å². The van der Waals surface area contributed by atoms with Gasteiger partial charge in [-0.15, -0.1) is 0 Å². The molecular weight excluding hydrogens is 819 g/mol. The summed E-state index contributed by atoms with van der Waals surface area (Å²) >= 11 is 0. The second kappa shape index (κ2) is 15.0. The van der Waals surface area contributed by atoms with Crippen molar-refractivity contribution in [3.63, 3.8) is 0 Å².